The Morgan fingerprint density at radius 1 is 0.757 bits per heavy atom. The van der Waals surface area contributed by atoms with Gasteiger partial charge in [0.1, 0.15) is 11.5 Å². The SMILES string of the molecule is CCCCCCCCOc1ccc(OC(=O)[C@H]2CC[C@H](C(F)(F)C(F)(F)C(F)(F)C(F)(F)F)CC2)cc1. The van der Waals surface area contributed by atoms with Crippen molar-refractivity contribution in [1.82, 2.24) is 0 Å². The van der Waals surface area contributed by atoms with Gasteiger partial charge in [0.05, 0.1) is 12.5 Å². The van der Waals surface area contributed by atoms with Gasteiger partial charge in [0.2, 0.25) is 0 Å². The lowest BCUT2D eigenvalue weighted by molar-refractivity contribution is -0.404. The lowest BCUT2D eigenvalue weighted by Crippen LogP contribution is -2.63. The first-order valence-electron chi connectivity index (χ1n) is 12.3. The van der Waals surface area contributed by atoms with Crippen LogP contribution < -0.4 is 9.47 Å². The van der Waals surface area contributed by atoms with E-state index < -0.39 is 67.4 Å². The summed E-state index contributed by atoms with van der Waals surface area (Å²) < 4.78 is 130. The van der Waals surface area contributed by atoms with Crippen LogP contribution in [0.2, 0.25) is 0 Å². The molecule has 12 heteroatoms. The third-order valence-corrected chi connectivity index (χ3v) is 6.55. The molecule has 0 saturated heterocycles. The Bertz CT molecular complexity index is 846. The Morgan fingerprint density at radius 2 is 1.27 bits per heavy atom. The summed E-state index contributed by atoms with van der Waals surface area (Å²) in [4.78, 5) is 12.4. The highest BCUT2D eigenvalue weighted by atomic mass is 19.4. The van der Waals surface area contributed by atoms with Crippen LogP contribution in [0, 0.1) is 11.8 Å². The topological polar surface area (TPSA) is 35.5 Å². The predicted octanol–water partition coefficient (Wildman–Crippen LogP) is 8.61. The van der Waals surface area contributed by atoms with Gasteiger partial charge >= 0.3 is 29.9 Å². The number of carbonyl (C=O) groups is 1. The maximum absolute atomic E-state index is 14.1. The van der Waals surface area contributed by atoms with Gasteiger partial charge in [-0.1, -0.05) is 39.0 Å². The average Bonchev–Trinajstić information content (AvgIpc) is 2.83. The number of hydrogen-bond acceptors (Lipinski definition) is 3. The van der Waals surface area contributed by atoms with Crippen molar-refractivity contribution in [2.24, 2.45) is 11.8 Å². The van der Waals surface area contributed by atoms with E-state index in [1.807, 2.05) is 0 Å². The zero-order valence-electron chi connectivity index (χ0n) is 20.4. The second-order valence-electron chi connectivity index (χ2n) is 9.33. The highest BCUT2D eigenvalue weighted by molar-refractivity contribution is 5.75. The molecule has 0 radical (unpaired) electrons. The van der Waals surface area contributed by atoms with Crippen LogP contribution in [0.25, 0.3) is 0 Å². The van der Waals surface area contributed by atoms with Crippen molar-refractivity contribution in [2.75, 3.05) is 6.61 Å². The molecule has 0 bridgehead atoms. The molecule has 1 aromatic carbocycles. The van der Waals surface area contributed by atoms with Crippen molar-refractivity contribution in [1.29, 1.82) is 0 Å². The maximum Gasteiger partial charge on any atom is 0.460 e. The van der Waals surface area contributed by atoms with Gasteiger partial charge in [-0.05, 0) is 56.4 Å². The minimum atomic E-state index is -6.91. The molecule has 0 N–H and O–H groups in total. The normalized spacial score (nSPS) is 19.5. The highest BCUT2D eigenvalue weighted by Gasteiger charge is 2.82. The van der Waals surface area contributed by atoms with E-state index in [0.29, 0.717) is 12.4 Å². The molecule has 0 aliphatic heterocycles. The van der Waals surface area contributed by atoms with Crippen molar-refractivity contribution in [3.05, 3.63) is 24.3 Å². The molecule has 0 spiro atoms. The van der Waals surface area contributed by atoms with Gasteiger partial charge in [0.25, 0.3) is 0 Å². The number of ether oxygens (including phenoxy) is 2. The molecule has 3 nitrogen and oxygen atoms in total. The van der Waals surface area contributed by atoms with Gasteiger partial charge in [-0.15, -0.1) is 0 Å². The van der Waals surface area contributed by atoms with Crippen molar-refractivity contribution < 1.29 is 53.8 Å². The minimum Gasteiger partial charge on any atom is -0.494 e. The number of unbranched alkanes of at least 4 members (excludes halogenated alkanes) is 5. The number of carbonyl (C=O) groups excluding carboxylic acids is 1. The van der Waals surface area contributed by atoms with Gasteiger partial charge in [-0.3, -0.25) is 4.79 Å². The zero-order valence-corrected chi connectivity index (χ0v) is 20.4. The van der Waals surface area contributed by atoms with E-state index in [1.54, 1.807) is 12.1 Å². The molecule has 0 unspecified atom stereocenters. The first-order chi connectivity index (χ1) is 17.1. The Balaban J connectivity index is 1.84. The molecule has 1 fully saturated rings. The number of alkyl halides is 9. The van der Waals surface area contributed by atoms with Crippen LogP contribution in [-0.2, 0) is 4.79 Å². The third kappa shape index (κ3) is 7.46. The van der Waals surface area contributed by atoms with E-state index >= 15 is 0 Å². The number of hydrogen-bond donors (Lipinski definition) is 0. The van der Waals surface area contributed by atoms with Crippen molar-refractivity contribution in [2.45, 2.75) is 95.1 Å². The summed E-state index contributed by atoms with van der Waals surface area (Å²) in [5.74, 6) is -22.8. The van der Waals surface area contributed by atoms with Crippen LogP contribution in [0.3, 0.4) is 0 Å². The summed E-state index contributed by atoms with van der Waals surface area (Å²) in [7, 11) is 0. The maximum atomic E-state index is 14.1. The van der Waals surface area contributed by atoms with Crippen molar-refractivity contribution in [3.63, 3.8) is 0 Å². The third-order valence-electron chi connectivity index (χ3n) is 6.55. The van der Waals surface area contributed by atoms with Gasteiger partial charge in [-0.2, -0.15) is 39.5 Å². The van der Waals surface area contributed by atoms with Crippen molar-refractivity contribution in [3.8, 4) is 11.5 Å². The van der Waals surface area contributed by atoms with Crippen LogP contribution in [0.5, 0.6) is 11.5 Å². The van der Waals surface area contributed by atoms with Gasteiger partial charge in [-0.25, -0.2) is 0 Å². The van der Waals surface area contributed by atoms with E-state index in [4.69, 9.17) is 9.47 Å². The zero-order chi connectivity index (χ0) is 27.9. The number of halogens is 9. The van der Waals surface area contributed by atoms with Crippen LogP contribution in [0.1, 0.15) is 71.1 Å². The number of benzene rings is 1. The van der Waals surface area contributed by atoms with E-state index in [-0.39, 0.29) is 5.75 Å². The molecule has 0 amide bonds. The van der Waals surface area contributed by atoms with Crippen LogP contribution in [-0.4, -0.2) is 36.5 Å². The van der Waals surface area contributed by atoms with E-state index in [1.165, 1.54) is 25.0 Å². The van der Waals surface area contributed by atoms with Crippen LogP contribution >= 0.6 is 0 Å². The van der Waals surface area contributed by atoms with E-state index in [9.17, 15) is 44.3 Å². The molecule has 1 aliphatic carbocycles. The van der Waals surface area contributed by atoms with Gasteiger partial charge in [0.15, 0.2) is 0 Å². The fourth-order valence-electron chi connectivity index (χ4n) is 4.21. The summed E-state index contributed by atoms with van der Waals surface area (Å²) in [6, 6.07) is 6.04. The molecule has 1 aromatic rings. The standard InChI is InChI=1S/C25H31F9O3/c1-2-3-4-5-6-7-16-36-19-12-14-20(15-13-19)37-21(35)17-8-10-18(11-9-17)22(26,27)23(28,29)24(30,31)25(32,33)34/h12-15,17-18H,2-11,16H2,1H3/t17-,18-. The molecule has 1 saturated carbocycles. The van der Waals surface area contributed by atoms with E-state index in [2.05, 4.69) is 6.92 Å². The molecule has 2 rings (SSSR count). The lowest BCUT2D eigenvalue weighted by Gasteiger charge is -2.39. The molecular formula is C25H31F9O3. The predicted molar refractivity (Wildman–Crippen MR) is 117 cm³/mol. The molecular weight excluding hydrogens is 519 g/mol. The molecule has 0 aromatic heterocycles. The number of esters is 1. The Hall–Kier alpha value is -2.14. The second-order valence-corrected chi connectivity index (χ2v) is 9.33. The number of rotatable bonds is 13. The first kappa shape index (κ1) is 31.1. The molecule has 1 aliphatic rings. The van der Waals surface area contributed by atoms with Crippen molar-refractivity contribution >= 4 is 5.97 Å². The monoisotopic (exact) mass is 550 g/mol. The summed E-state index contributed by atoms with van der Waals surface area (Å²) in [5, 5.41) is 0. The second kappa shape index (κ2) is 12.6. The molecule has 0 atom stereocenters. The van der Waals surface area contributed by atoms with E-state index in [0.717, 1.165) is 25.7 Å². The largest absolute Gasteiger partial charge is 0.494 e. The Morgan fingerprint density at radius 3 is 1.81 bits per heavy atom. The van der Waals surface area contributed by atoms with Crippen LogP contribution in [0.15, 0.2) is 24.3 Å². The molecule has 212 valence electrons. The Kier molecular flexibility index (Phi) is 10.6. The molecule has 37 heavy (non-hydrogen) atoms. The molecule has 0 heterocycles. The summed E-state index contributed by atoms with van der Waals surface area (Å²) >= 11 is 0. The smallest absolute Gasteiger partial charge is 0.460 e. The Labute approximate surface area is 209 Å². The fraction of sp³-hybridized carbons (Fsp3) is 0.720. The van der Waals surface area contributed by atoms with Crippen LogP contribution in [0.4, 0.5) is 39.5 Å². The quantitative estimate of drug-likeness (QED) is 0.107. The van der Waals surface area contributed by atoms with Gasteiger partial charge in [0, 0.05) is 5.92 Å². The van der Waals surface area contributed by atoms with Gasteiger partial charge < -0.3 is 9.47 Å². The summed E-state index contributed by atoms with van der Waals surface area (Å²) in [6.45, 7) is 2.66. The lowest BCUT2D eigenvalue weighted by atomic mass is 9.76. The summed E-state index contributed by atoms with van der Waals surface area (Å²) in [6.07, 6.45) is -2.77. The highest BCUT2D eigenvalue weighted by Crippen LogP contribution is 2.57. The first-order valence-corrected chi connectivity index (χ1v) is 12.3. The average molecular weight is 551 g/mol. The fourth-order valence-corrected chi connectivity index (χ4v) is 4.21. The minimum absolute atomic E-state index is 0.126. The summed E-state index contributed by atoms with van der Waals surface area (Å²) in [5.41, 5.74) is 0.